The number of amides is 1. The summed E-state index contributed by atoms with van der Waals surface area (Å²) in [7, 11) is -2.69. The van der Waals surface area contributed by atoms with E-state index >= 15 is 0 Å². The van der Waals surface area contributed by atoms with E-state index in [0.717, 1.165) is 17.7 Å². The molecular formula is C23H21FN2O5S. The van der Waals surface area contributed by atoms with Gasteiger partial charge in [-0.05, 0) is 54.1 Å². The van der Waals surface area contributed by atoms with E-state index in [1.165, 1.54) is 43.5 Å². The number of hydrogen-bond donors (Lipinski definition) is 2. The van der Waals surface area contributed by atoms with Gasteiger partial charge in [0.2, 0.25) is 0 Å². The molecule has 3 aromatic carbocycles. The van der Waals surface area contributed by atoms with Crippen molar-refractivity contribution in [3.05, 3.63) is 95.8 Å². The molecule has 32 heavy (non-hydrogen) atoms. The Morgan fingerprint density at radius 1 is 0.938 bits per heavy atom. The quantitative estimate of drug-likeness (QED) is 0.507. The second kappa shape index (κ2) is 10.1. The number of carbonyl (C=O) groups is 2. The maximum atomic E-state index is 13.0. The SMILES string of the molecule is COC(=O)C(Cc1ccccc1)NC(=O)c1ccc(S(=O)(=O)Nc2ccc(F)cc2)cc1. The standard InChI is InChI=1S/C23H21FN2O5S/c1-31-23(28)21(15-16-5-3-2-4-6-16)25-22(27)17-7-13-20(14-8-17)32(29,30)26-19-11-9-18(24)10-12-19/h2-14,21,26H,15H2,1H3,(H,25,27). The number of benzene rings is 3. The summed E-state index contributed by atoms with van der Waals surface area (Å²) in [6, 6.07) is 18.3. The number of rotatable bonds is 8. The van der Waals surface area contributed by atoms with Gasteiger partial charge in [-0.1, -0.05) is 30.3 Å². The van der Waals surface area contributed by atoms with Crippen LogP contribution in [-0.4, -0.2) is 33.4 Å². The van der Waals surface area contributed by atoms with Crippen molar-refractivity contribution in [2.75, 3.05) is 11.8 Å². The maximum absolute atomic E-state index is 13.0. The smallest absolute Gasteiger partial charge is 0.328 e. The van der Waals surface area contributed by atoms with Gasteiger partial charge in [0.1, 0.15) is 11.9 Å². The van der Waals surface area contributed by atoms with E-state index in [2.05, 4.69) is 10.0 Å². The number of nitrogens with one attached hydrogen (secondary N) is 2. The first-order chi connectivity index (χ1) is 15.3. The van der Waals surface area contributed by atoms with E-state index in [-0.39, 0.29) is 22.6 Å². The van der Waals surface area contributed by atoms with Crippen LogP contribution in [0.25, 0.3) is 0 Å². The Kier molecular flexibility index (Phi) is 7.21. The average molecular weight is 456 g/mol. The topological polar surface area (TPSA) is 102 Å². The molecule has 1 atom stereocenters. The highest BCUT2D eigenvalue weighted by atomic mass is 32.2. The van der Waals surface area contributed by atoms with Crippen molar-refractivity contribution in [2.24, 2.45) is 0 Å². The minimum Gasteiger partial charge on any atom is -0.467 e. The van der Waals surface area contributed by atoms with Crippen LogP contribution >= 0.6 is 0 Å². The number of methoxy groups -OCH3 is 1. The minimum atomic E-state index is -3.93. The van der Waals surface area contributed by atoms with Crippen LogP contribution in [-0.2, 0) is 26.0 Å². The van der Waals surface area contributed by atoms with Gasteiger partial charge in [0, 0.05) is 17.7 Å². The fourth-order valence-corrected chi connectivity index (χ4v) is 4.00. The summed E-state index contributed by atoms with van der Waals surface area (Å²) in [4.78, 5) is 24.7. The van der Waals surface area contributed by atoms with Gasteiger partial charge in [-0.2, -0.15) is 0 Å². The summed E-state index contributed by atoms with van der Waals surface area (Å²) in [6.45, 7) is 0. The third-order valence-corrected chi connectivity index (χ3v) is 5.99. The predicted molar refractivity (Wildman–Crippen MR) is 117 cm³/mol. The Morgan fingerprint density at radius 2 is 1.56 bits per heavy atom. The average Bonchev–Trinajstić information content (AvgIpc) is 2.80. The van der Waals surface area contributed by atoms with Crippen molar-refractivity contribution in [1.29, 1.82) is 0 Å². The van der Waals surface area contributed by atoms with Gasteiger partial charge in [-0.3, -0.25) is 9.52 Å². The van der Waals surface area contributed by atoms with Crippen LogP contribution < -0.4 is 10.0 Å². The molecule has 166 valence electrons. The molecule has 0 radical (unpaired) electrons. The van der Waals surface area contributed by atoms with Gasteiger partial charge in [0.15, 0.2) is 0 Å². The number of ether oxygens (including phenoxy) is 1. The number of sulfonamides is 1. The molecule has 0 aliphatic carbocycles. The number of carbonyl (C=O) groups excluding carboxylic acids is 2. The van der Waals surface area contributed by atoms with E-state index < -0.39 is 33.8 Å². The Morgan fingerprint density at radius 3 is 2.16 bits per heavy atom. The van der Waals surface area contributed by atoms with Crippen molar-refractivity contribution in [1.82, 2.24) is 5.32 Å². The summed E-state index contributed by atoms with van der Waals surface area (Å²) in [5.74, 6) is -1.63. The summed E-state index contributed by atoms with van der Waals surface area (Å²) in [5.41, 5.74) is 1.22. The lowest BCUT2D eigenvalue weighted by Crippen LogP contribution is -2.43. The van der Waals surface area contributed by atoms with Gasteiger partial charge in [-0.15, -0.1) is 0 Å². The van der Waals surface area contributed by atoms with Crippen molar-refractivity contribution in [2.45, 2.75) is 17.4 Å². The van der Waals surface area contributed by atoms with E-state index in [9.17, 15) is 22.4 Å². The van der Waals surface area contributed by atoms with E-state index in [0.29, 0.717) is 0 Å². The van der Waals surface area contributed by atoms with Crippen molar-refractivity contribution in [3.8, 4) is 0 Å². The van der Waals surface area contributed by atoms with Crippen molar-refractivity contribution < 1.29 is 27.1 Å². The summed E-state index contributed by atoms with van der Waals surface area (Å²) >= 11 is 0. The highest BCUT2D eigenvalue weighted by molar-refractivity contribution is 7.92. The molecule has 0 bridgehead atoms. The van der Waals surface area contributed by atoms with Gasteiger partial charge >= 0.3 is 5.97 Å². The third-order valence-electron chi connectivity index (χ3n) is 4.60. The van der Waals surface area contributed by atoms with Gasteiger partial charge in [-0.25, -0.2) is 17.6 Å². The molecule has 0 fully saturated rings. The fourth-order valence-electron chi connectivity index (χ4n) is 2.94. The Bertz CT molecular complexity index is 1180. The second-order valence-corrected chi connectivity index (χ2v) is 8.56. The molecule has 0 spiro atoms. The Balaban J connectivity index is 1.71. The zero-order valence-corrected chi connectivity index (χ0v) is 17.9. The van der Waals surface area contributed by atoms with Crippen LogP contribution in [0.2, 0.25) is 0 Å². The molecule has 0 saturated carbocycles. The van der Waals surface area contributed by atoms with E-state index in [1.807, 2.05) is 30.3 Å². The second-order valence-electron chi connectivity index (χ2n) is 6.88. The largest absolute Gasteiger partial charge is 0.467 e. The molecule has 0 aliphatic rings. The molecule has 7 nitrogen and oxygen atoms in total. The summed E-state index contributed by atoms with van der Waals surface area (Å²) < 4.78 is 45.1. The maximum Gasteiger partial charge on any atom is 0.328 e. The lowest BCUT2D eigenvalue weighted by atomic mass is 10.1. The molecule has 1 amide bonds. The highest BCUT2D eigenvalue weighted by Gasteiger charge is 2.23. The molecule has 3 aromatic rings. The van der Waals surface area contributed by atoms with Crippen LogP contribution in [0.5, 0.6) is 0 Å². The molecule has 9 heteroatoms. The van der Waals surface area contributed by atoms with E-state index in [1.54, 1.807) is 0 Å². The van der Waals surface area contributed by atoms with Crippen molar-refractivity contribution >= 4 is 27.6 Å². The van der Waals surface area contributed by atoms with Gasteiger partial charge in [0.05, 0.1) is 12.0 Å². The summed E-state index contributed by atoms with van der Waals surface area (Å²) in [6.07, 6.45) is 0.243. The molecule has 0 saturated heterocycles. The fraction of sp³-hybridized carbons (Fsp3) is 0.130. The first-order valence-electron chi connectivity index (χ1n) is 9.59. The van der Waals surface area contributed by atoms with Gasteiger partial charge in [0.25, 0.3) is 15.9 Å². The molecule has 0 heterocycles. The molecule has 0 aromatic heterocycles. The van der Waals surface area contributed by atoms with Crippen LogP contribution in [0.15, 0.2) is 83.8 Å². The molecular weight excluding hydrogens is 435 g/mol. The Labute approximate surface area is 185 Å². The molecule has 1 unspecified atom stereocenters. The number of hydrogen-bond acceptors (Lipinski definition) is 5. The summed E-state index contributed by atoms with van der Waals surface area (Å²) in [5, 5.41) is 2.62. The van der Waals surface area contributed by atoms with Crippen molar-refractivity contribution in [3.63, 3.8) is 0 Å². The zero-order chi connectivity index (χ0) is 23.1. The first kappa shape index (κ1) is 23.0. The van der Waals surface area contributed by atoms with Crippen LogP contribution in [0.4, 0.5) is 10.1 Å². The lowest BCUT2D eigenvalue weighted by molar-refractivity contribution is -0.142. The number of halogens is 1. The lowest BCUT2D eigenvalue weighted by Gasteiger charge is -2.17. The van der Waals surface area contributed by atoms with E-state index in [4.69, 9.17) is 4.74 Å². The monoisotopic (exact) mass is 456 g/mol. The zero-order valence-electron chi connectivity index (χ0n) is 17.1. The Hall–Kier alpha value is -3.72. The third kappa shape index (κ3) is 5.92. The molecule has 0 aliphatic heterocycles. The predicted octanol–water partition coefficient (Wildman–Crippen LogP) is 3.14. The normalized spacial score (nSPS) is 11.9. The van der Waals surface area contributed by atoms with Crippen LogP contribution in [0.3, 0.4) is 0 Å². The number of esters is 1. The number of anilines is 1. The molecule has 2 N–H and O–H groups in total. The minimum absolute atomic E-state index is 0.0767. The van der Waals surface area contributed by atoms with Crippen LogP contribution in [0, 0.1) is 5.82 Å². The highest BCUT2D eigenvalue weighted by Crippen LogP contribution is 2.17. The molecule has 3 rings (SSSR count). The first-order valence-corrected chi connectivity index (χ1v) is 11.1. The van der Waals surface area contributed by atoms with Gasteiger partial charge < -0.3 is 10.1 Å². The van der Waals surface area contributed by atoms with Crippen LogP contribution in [0.1, 0.15) is 15.9 Å².